The molecule has 13 heteroatoms. The molecule has 286 valence electrons. The molecule has 3 heterocycles. The number of methoxy groups -OCH3 is 1. The lowest BCUT2D eigenvalue weighted by atomic mass is 9.96. The van der Waals surface area contributed by atoms with Crippen LogP contribution in [0.15, 0.2) is 66.0 Å². The van der Waals surface area contributed by atoms with Crippen molar-refractivity contribution in [2.45, 2.75) is 110 Å². The maximum absolute atomic E-state index is 14.2. The van der Waals surface area contributed by atoms with Crippen LogP contribution in [-0.2, 0) is 16.0 Å². The molecule has 1 amide bonds. The van der Waals surface area contributed by atoms with Crippen molar-refractivity contribution in [3.8, 4) is 0 Å². The molecule has 0 radical (unpaired) electrons. The summed E-state index contributed by atoms with van der Waals surface area (Å²) in [6, 6.07) is 2.89. The molecule has 3 aliphatic rings. The molecule has 1 aliphatic carbocycles. The smallest absolute Gasteiger partial charge is 0.411 e. The van der Waals surface area contributed by atoms with E-state index in [2.05, 4.69) is 18.7 Å². The minimum absolute atomic E-state index is 0.0370. The van der Waals surface area contributed by atoms with E-state index in [1.807, 2.05) is 19.1 Å². The van der Waals surface area contributed by atoms with Crippen molar-refractivity contribution in [2.75, 3.05) is 31.8 Å². The molecule has 2 aliphatic heterocycles. The lowest BCUT2D eigenvalue weighted by molar-refractivity contribution is -0.125. The number of nitrogens with zero attached hydrogens (tertiary/aromatic N) is 3. The van der Waals surface area contributed by atoms with Gasteiger partial charge in [0.1, 0.15) is 11.9 Å². The van der Waals surface area contributed by atoms with E-state index in [0.29, 0.717) is 23.3 Å². The van der Waals surface area contributed by atoms with Crippen molar-refractivity contribution in [1.29, 1.82) is 0 Å². The van der Waals surface area contributed by atoms with Gasteiger partial charge in [-0.1, -0.05) is 63.6 Å². The second-order valence-corrected chi connectivity index (χ2v) is 12.7. The molecule has 3 atom stereocenters. The highest BCUT2D eigenvalue weighted by molar-refractivity contribution is 5.72. The summed E-state index contributed by atoms with van der Waals surface area (Å²) < 4.78 is 91.1. The van der Waals surface area contributed by atoms with Crippen molar-refractivity contribution in [2.24, 2.45) is 5.92 Å². The van der Waals surface area contributed by atoms with Crippen LogP contribution in [0.25, 0.3) is 6.08 Å². The number of aromatic nitrogens is 1. The number of carbonyl (C=O) groups excluding carboxylic acids is 1. The Balaban J connectivity index is 0.000000878. The Morgan fingerprint density at radius 2 is 1.75 bits per heavy atom. The Hall–Kier alpha value is -3.74. The Kier molecular flexibility index (Phi) is 17.8. The number of amides is 1. The Morgan fingerprint density at radius 1 is 1.10 bits per heavy atom. The van der Waals surface area contributed by atoms with E-state index < -0.39 is 49.0 Å². The molecule has 0 bridgehead atoms. The number of cyclic esters (lactones) is 1. The predicted octanol–water partition coefficient (Wildman–Crippen LogP) is 9.74. The van der Waals surface area contributed by atoms with Gasteiger partial charge in [-0.05, 0) is 74.8 Å². The fourth-order valence-electron chi connectivity index (χ4n) is 5.06. The van der Waals surface area contributed by atoms with Gasteiger partial charge in [0, 0.05) is 18.7 Å². The molecule has 1 N–H and O–H groups in total. The highest BCUT2D eigenvalue weighted by Gasteiger charge is 2.42. The summed E-state index contributed by atoms with van der Waals surface area (Å²) in [5.74, 6) is -2.49. The van der Waals surface area contributed by atoms with Gasteiger partial charge in [0.15, 0.2) is 6.67 Å². The number of rotatable bonds is 14. The Labute approximate surface area is 298 Å². The first-order valence-corrected chi connectivity index (χ1v) is 17.5. The number of ether oxygens (including phenoxy) is 2. The molecule has 51 heavy (non-hydrogen) atoms. The fourth-order valence-corrected chi connectivity index (χ4v) is 5.06. The van der Waals surface area contributed by atoms with Gasteiger partial charge in [0.2, 0.25) is 0 Å². The topological polar surface area (TPSA) is 75.1 Å². The molecule has 1 aromatic heterocycles. The summed E-state index contributed by atoms with van der Waals surface area (Å²) in [5.41, 5.74) is 0.268. The van der Waals surface area contributed by atoms with Gasteiger partial charge in [0.25, 0.3) is 5.92 Å². The highest BCUT2D eigenvalue weighted by Crippen LogP contribution is 2.35. The number of halogens is 6. The van der Waals surface area contributed by atoms with Crippen LogP contribution >= 0.6 is 0 Å². The summed E-state index contributed by atoms with van der Waals surface area (Å²) in [6.07, 6.45) is 8.09. The molecule has 4 rings (SSSR count). The maximum atomic E-state index is 14.2. The standard InChI is InChI=1S/C30H35F6N3O3.C5H10O.C3H8/c1-4-24(29(32,33)20-31)18-23(13-14-30(34,35)36)27-21(2)39(28(40)42-27)19-25-22(10-7-5-6-8-17-41-3)11-12-26(37-25)38-15-9-16-38;1-4(6)5-2-3-5;1-3-2/h5-8,10-13,17-18,21,27H,4,9,14-16,19-20H2,1-3H3;4-6H,2-3H2,1H3;3H2,1-2H3/b6-5-,10-7+,17-8+,23-13+,24-18+;;. The van der Waals surface area contributed by atoms with Gasteiger partial charge in [-0.15, -0.1) is 0 Å². The van der Waals surface area contributed by atoms with Crippen LogP contribution < -0.4 is 4.90 Å². The van der Waals surface area contributed by atoms with Crippen LogP contribution in [0.1, 0.15) is 84.4 Å². The van der Waals surface area contributed by atoms with Crippen LogP contribution in [0.4, 0.5) is 37.0 Å². The van der Waals surface area contributed by atoms with E-state index in [4.69, 9.17) is 19.6 Å². The van der Waals surface area contributed by atoms with E-state index in [9.17, 15) is 31.1 Å². The monoisotopic (exact) mass is 729 g/mol. The zero-order chi connectivity index (χ0) is 38.2. The fraction of sp³-hybridized carbons (Fsp3) is 0.579. The van der Waals surface area contributed by atoms with Crippen LogP contribution in [0.3, 0.4) is 0 Å². The number of anilines is 1. The third kappa shape index (κ3) is 14.4. The number of aliphatic hydroxyl groups excluding tert-OH is 1. The molecule has 0 spiro atoms. The third-order valence-electron chi connectivity index (χ3n) is 8.27. The van der Waals surface area contributed by atoms with Crippen LogP contribution in [0, 0.1) is 5.92 Å². The minimum Gasteiger partial charge on any atom is -0.504 e. The molecule has 0 aromatic carbocycles. The van der Waals surface area contributed by atoms with Crippen molar-refractivity contribution >= 4 is 18.0 Å². The molecule has 1 aromatic rings. The average molecular weight is 730 g/mol. The number of pyridine rings is 1. The third-order valence-corrected chi connectivity index (χ3v) is 8.27. The zero-order valence-corrected chi connectivity index (χ0v) is 30.4. The number of alkyl halides is 6. The van der Waals surface area contributed by atoms with Crippen LogP contribution in [0.2, 0.25) is 0 Å². The number of hydrogen-bond donors (Lipinski definition) is 1. The second kappa shape index (κ2) is 20.9. The van der Waals surface area contributed by atoms with Gasteiger partial charge in [-0.25, -0.2) is 14.2 Å². The van der Waals surface area contributed by atoms with Gasteiger partial charge in [-0.3, -0.25) is 4.90 Å². The van der Waals surface area contributed by atoms with Crippen molar-refractivity contribution < 1.29 is 45.7 Å². The van der Waals surface area contributed by atoms with Gasteiger partial charge >= 0.3 is 12.3 Å². The predicted molar refractivity (Wildman–Crippen MR) is 189 cm³/mol. The lowest BCUT2D eigenvalue weighted by Gasteiger charge is -2.32. The molecule has 3 fully saturated rings. The molecular weight excluding hydrogens is 676 g/mol. The first-order valence-electron chi connectivity index (χ1n) is 17.5. The summed E-state index contributed by atoms with van der Waals surface area (Å²) in [4.78, 5) is 21.1. The number of aliphatic hydroxyl groups is 1. The minimum atomic E-state index is -4.63. The van der Waals surface area contributed by atoms with Gasteiger partial charge in [0.05, 0.1) is 44.2 Å². The summed E-state index contributed by atoms with van der Waals surface area (Å²) in [5, 5.41) is 8.69. The quantitative estimate of drug-likeness (QED) is 0.117. The Morgan fingerprint density at radius 3 is 2.24 bits per heavy atom. The molecule has 2 saturated heterocycles. The summed E-state index contributed by atoms with van der Waals surface area (Å²) >= 11 is 0. The van der Waals surface area contributed by atoms with Crippen LogP contribution in [0.5, 0.6) is 0 Å². The molecule has 1 saturated carbocycles. The number of allylic oxidation sites excluding steroid dienone is 6. The van der Waals surface area contributed by atoms with E-state index in [0.717, 1.165) is 31.4 Å². The number of hydrogen-bond acceptors (Lipinski definition) is 6. The normalized spacial score (nSPS) is 20.6. The van der Waals surface area contributed by atoms with E-state index >= 15 is 0 Å². The van der Waals surface area contributed by atoms with E-state index in [1.54, 1.807) is 37.3 Å². The highest BCUT2D eigenvalue weighted by atomic mass is 19.4. The largest absolute Gasteiger partial charge is 0.504 e. The van der Waals surface area contributed by atoms with E-state index in [-0.39, 0.29) is 24.6 Å². The van der Waals surface area contributed by atoms with E-state index in [1.165, 1.54) is 44.5 Å². The SMILES string of the molecule is CC(O)C1CC1.CC/C(=C\C(=C/CC(F)(F)F)C1OC(=O)N(Cc2nc(N3CCC3)ccc2/C=C/C=C\C=C\OC)C1C)C(F)(F)CF.CCC. The van der Waals surface area contributed by atoms with Crippen molar-refractivity contribution in [3.63, 3.8) is 0 Å². The zero-order valence-electron chi connectivity index (χ0n) is 30.4. The lowest BCUT2D eigenvalue weighted by Crippen LogP contribution is -2.38. The molecule has 3 unspecified atom stereocenters. The Bertz CT molecular complexity index is 1380. The van der Waals surface area contributed by atoms with Crippen molar-refractivity contribution in [1.82, 2.24) is 9.88 Å². The van der Waals surface area contributed by atoms with Crippen molar-refractivity contribution in [3.05, 3.63) is 77.3 Å². The van der Waals surface area contributed by atoms with Crippen LogP contribution in [-0.4, -0.2) is 78.3 Å². The molecule has 7 nitrogen and oxygen atoms in total. The average Bonchev–Trinajstić information content (AvgIpc) is 3.87. The maximum Gasteiger partial charge on any atom is 0.411 e. The first-order chi connectivity index (χ1) is 24.1. The van der Waals surface area contributed by atoms with Gasteiger partial charge in [-0.2, -0.15) is 22.0 Å². The second-order valence-electron chi connectivity index (χ2n) is 12.7. The number of carbonyl (C=O) groups is 1. The summed E-state index contributed by atoms with van der Waals surface area (Å²) in [7, 11) is 1.53. The first kappa shape index (κ1) is 43.4. The summed E-state index contributed by atoms with van der Waals surface area (Å²) in [6.45, 7) is 8.65. The molecular formula is C38H53F6N3O4. The van der Waals surface area contributed by atoms with Gasteiger partial charge < -0.3 is 19.5 Å².